The summed E-state index contributed by atoms with van der Waals surface area (Å²) in [5, 5.41) is 3.22. The Balaban J connectivity index is 2.60. The van der Waals surface area contributed by atoms with Crippen LogP contribution in [0, 0.1) is 0 Å². The first kappa shape index (κ1) is 12.9. The highest BCUT2D eigenvalue weighted by Gasteiger charge is 2.07. The largest absolute Gasteiger partial charge is 0.487 e. The molecule has 0 amide bonds. The Labute approximate surface area is 94.6 Å². The highest BCUT2D eigenvalue weighted by molar-refractivity contribution is 5.33. The van der Waals surface area contributed by atoms with E-state index in [0.29, 0.717) is 18.3 Å². The van der Waals surface area contributed by atoms with Crippen LogP contribution in [0.15, 0.2) is 24.3 Å². The van der Waals surface area contributed by atoms with E-state index in [0.717, 1.165) is 5.56 Å². The summed E-state index contributed by atoms with van der Waals surface area (Å²) in [5.41, 5.74) is 0.900. The van der Waals surface area contributed by atoms with Gasteiger partial charge in [-0.25, -0.2) is 8.78 Å². The highest BCUT2D eigenvalue weighted by Crippen LogP contribution is 2.18. The molecule has 0 heterocycles. The predicted molar refractivity (Wildman–Crippen MR) is 59.9 cm³/mol. The van der Waals surface area contributed by atoms with E-state index in [9.17, 15) is 8.78 Å². The van der Waals surface area contributed by atoms with Gasteiger partial charge in [0.2, 0.25) is 0 Å². The third kappa shape index (κ3) is 4.57. The Morgan fingerprint density at radius 3 is 2.56 bits per heavy atom. The van der Waals surface area contributed by atoms with Crippen molar-refractivity contribution in [2.75, 3.05) is 6.61 Å². The fourth-order valence-electron chi connectivity index (χ4n) is 1.26. The zero-order valence-electron chi connectivity index (χ0n) is 9.54. The number of hydrogen-bond acceptors (Lipinski definition) is 2. The molecule has 1 aromatic rings. The number of halogens is 2. The Morgan fingerprint density at radius 1 is 1.25 bits per heavy atom. The van der Waals surface area contributed by atoms with Crippen molar-refractivity contribution in [1.82, 2.24) is 5.32 Å². The van der Waals surface area contributed by atoms with Gasteiger partial charge in [0.25, 0.3) is 6.43 Å². The van der Waals surface area contributed by atoms with E-state index in [-0.39, 0.29) is 0 Å². The summed E-state index contributed by atoms with van der Waals surface area (Å²) in [4.78, 5) is 0. The predicted octanol–water partition coefficient (Wildman–Crippen LogP) is 2.83. The maximum Gasteiger partial charge on any atom is 0.272 e. The third-order valence-electron chi connectivity index (χ3n) is 2.04. The van der Waals surface area contributed by atoms with Crippen LogP contribution in [0.5, 0.6) is 5.75 Å². The summed E-state index contributed by atoms with van der Waals surface area (Å²) in [5.74, 6) is 0.524. The van der Waals surface area contributed by atoms with Gasteiger partial charge in [-0.1, -0.05) is 32.0 Å². The molecule has 1 aromatic carbocycles. The van der Waals surface area contributed by atoms with Crippen molar-refractivity contribution in [1.29, 1.82) is 0 Å². The molecule has 0 aromatic heterocycles. The lowest BCUT2D eigenvalue weighted by Crippen LogP contribution is -2.22. The summed E-state index contributed by atoms with van der Waals surface area (Å²) in [6.07, 6.45) is -2.44. The average Bonchev–Trinajstić information content (AvgIpc) is 2.24. The lowest BCUT2D eigenvalue weighted by atomic mass is 10.2. The van der Waals surface area contributed by atoms with Gasteiger partial charge >= 0.3 is 0 Å². The van der Waals surface area contributed by atoms with Crippen molar-refractivity contribution < 1.29 is 13.5 Å². The van der Waals surface area contributed by atoms with Gasteiger partial charge in [0.05, 0.1) is 0 Å². The fraction of sp³-hybridized carbons (Fsp3) is 0.500. The molecule has 0 aliphatic heterocycles. The monoisotopic (exact) mass is 229 g/mol. The SMILES string of the molecule is CC(C)NCc1ccccc1OCC(F)F. The highest BCUT2D eigenvalue weighted by atomic mass is 19.3. The topological polar surface area (TPSA) is 21.3 Å². The van der Waals surface area contributed by atoms with Crippen LogP contribution in [0.4, 0.5) is 8.78 Å². The van der Waals surface area contributed by atoms with E-state index in [4.69, 9.17) is 4.74 Å². The van der Waals surface area contributed by atoms with Gasteiger partial charge in [-0.2, -0.15) is 0 Å². The Bertz CT molecular complexity index is 285. The van der Waals surface area contributed by atoms with Crippen molar-refractivity contribution in [3.05, 3.63) is 29.8 Å². The third-order valence-corrected chi connectivity index (χ3v) is 2.04. The van der Waals surface area contributed by atoms with Crippen LogP contribution in [0.1, 0.15) is 19.4 Å². The molecule has 0 saturated heterocycles. The molecule has 0 aliphatic rings. The first-order valence-corrected chi connectivity index (χ1v) is 5.32. The van der Waals surface area contributed by atoms with Crippen LogP contribution in [-0.4, -0.2) is 19.1 Å². The maximum absolute atomic E-state index is 12.0. The number of para-hydroxylation sites is 1. The van der Waals surface area contributed by atoms with Crippen molar-refractivity contribution in [3.63, 3.8) is 0 Å². The Kier molecular flexibility index (Phi) is 5.19. The minimum atomic E-state index is -2.44. The van der Waals surface area contributed by atoms with Crippen molar-refractivity contribution >= 4 is 0 Å². The summed E-state index contributed by atoms with van der Waals surface area (Å²) in [6.45, 7) is 4.13. The molecule has 1 N–H and O–H groups in total. The quantitative estimate of drug-likeness (QED) is 0.809. The first-order valence-electron chi connectivity index (χ1n) is 5.32. The fourth-order valence-corrected chi connectivity index (χ4v) is 1.26. The normalized spacial score (nSPS) is 11.1. The molecule has 0 spiro atoms. The second kappa shape index (κ2) is 6.43. The molecule has 2 nitrogen and oxygen atoms in total. The summed E-state index contributed by atoms with van der Waals surface area (Å²) >= 11 is 0. The molecule has 90 valence electrons. The zero-order chi connectivity index (χ0) is 12.0. The number of ether oxygens (including phenoxy) is 1. The molecule has 0 aliphatic carbocycles. The minimum absolute atomic E-state index is 0.350. The molecule has 0 saturated carbocycles. The number of nitrogens with one attached hydrogen (secondary N) is 1. The number of hydrogen-bond donors (Lipinski definition) is 1. The van der Waals surface area contributed by atoms with Crippen LogP contribution < -0.4 is 10.1 Å². The van der Waals surface area contributed by atoms with E-state index >= 15 is 0 Å². The molecule has 0 fully saturated rings. The number of alkyl halides is 2. The molecule has 0 bridgehead atoms. The van der Waals surface area contributed by atoms with Crippen LogP contribution in [-0.2, 0) is 6.54 Å². The Morgan fingerprint density at radius 2 is 1.94 bits per heavy atom. The van der Waals surface area contributed by atoms with E-state index in [1.165, 1.54) is 0 Å². The second-order valence-corrected chi connectivity index (χ2v) is 3.85. The van der Waals surface area contributed by atoms with Crippen molar-refractivity contribution in [2.24, 2.45) is 0 Å². The van der Waals surface area contributed by atoms with Gasteiger partial charge < -0.3 is 10.1 Å². The summed E-state index contributed by atoms with van der Waals surface area (Å²) in [6, 6.07) is 7.57. The minimum Gasteiger partial charge on any atom is -0.487 e. The molecule has 0 radical (unpaired) electrons. The average molecular weight is 229 g/mol. The molecule has 4 heteroatoms. The maximum atomic E-state index is 12.0. The van der Waals surface area contributed by atoms with E-state index in [1.807, 2.05) is 26.0 Å². The molecule has 1 rings (SSSR count). The molecule has 0 unspecified atom stereocenters. The Hall–Kier alpha value is -1.16. The van der Waals surface area contributed by atoms with E-state index in [2.05, 4.69) is 5.32 Å². The molecule has 16 heavy (non-hydrogen) atoms. The standard InChI is InChI=1S/C12H17F2NO/c1-9(2)15-7-10-5-3-4-6-11(10)16-8-12(13)14/h3-6,9,12,15H,7-8H2,1-2H3. The molecular weight excluding hydrogens is 212 g/mol. The van der Waals surface area contributed by atoms with Crippen molar-refractivity contribution in [2.45, 2.75) is 32.9 Å². The van der Waals surface area contributed by atoms with Gasteiger partial charge in [-0.05, 0) is 6.07 Å². The second-order valence-electron chi connectivity index (χ2n) is 3.85. The van der Waals surface area contributed by atoms with E-state index in [1.54, 1.807) is 12.1 Å². The van der Waals surface area contributed by atoms with Crippen LogP contribution in [0.25, 0.3) is 0 Å². The number of benzene rings is 1. The first-order chi connectivity index (χ1) is 7.59. The lowest BCUT2D eigenvalue weighted by molar-refractivity contribution is 0.0813. The van der Waals surface area contributed by atoms with Gasteiger partial charge in [-0.3, -0.25) is 0 Å². The van der Waals surface area contributed by atoms with E-state index < -0.39 is 13.0 Å². The summed E-state index contributed by atoms with van der Waals surface area (Å²) in [7, 11) is 0. The lowest BCUT2D eigenvalue weighted by Gasteiger charge is -2.13. The van der Waals surface area contributed by atoms with Gasteiger partial charge in [0.1, 0.15) is 12.4 Å². The van der Waals surface area contributed by atoms with Gasteiger partial charge in [-0.15, -0.1) is 0 Å². The molecule has 0 atom stereocenters. The molecular formula is C12H17F2NO. The van der Waals surface area contributed by atoms with Gasteiger partial charge in [0.15, 0.2) is 0 Å². The van der Waals surface area contributed by atoms with Crippen LogP contribution >= 0.6 is 0 Å². The number of rotatable bonds is 6. The zero-order valence-corrected chi connectivity index (χ0v) is 9.54. The van der Waals surface area contributed by atoms with Crippen LogP contribution in [0.3, 0.4) is 0 Å². The summed E-state index contributed by atoms with van der Waals surface area (Å²) < 4.78 is 29.1. The van der Waals surface area contributed by atoms with Gasteiger partial charge in [0, 0.05) is 18.2 Å². The van der Waals surface area contributed by atoms with Crippen LogP contribution in [0.2, 0.25) is 0 Å². The van der Waals surface area contributed by atoms with Crippen molar-refractivity contribution in [3.8, 4) is 5.75 Å². The smallest absolute Gasteiger partial charge is 0.272 e.